The zero-order valence-corrected chi connectivity index (χ0v) is 11.0. The molecule has 2 saturated heterocycles. The molecule has 17 heavy (non-hydrogen) atoms. The number of amides is 1. The quantitative estimate of drug-likeness (QED) is 0.864. The van der Waals surface area contributed by atoms with E-state index >= 15 is 0 Å². The minimum absolute atomic E-state index is 0.00935. The topological polar surface area (TPSA) is 59.5 Å². The molecule has 0 aromatic carbocycles. The highest BCUT2D eigenvalue weighted by atomic mass is 79.9. The number of piperidine rings is 1. The normalized spacial score (nSPS) is 31.9. The molecule has 2 aliphatic rings. The lowest BCUT2D eigenvalue weighted by molar-refractivity contribution is 0.0541. The van der Waals surface area contributed by atoms with Gasteiger partial charge < -0.3 is 15.1 Å². The third-order valence-electron chi connectivity index (χ3n) is 3.79. The first-order valence-corrected chi connectivity index (χ1v) is 6.78. The highest BCUT2D eigenvalue weighted by molar-refractivity contribution is 9.10. The van der Waals surface area contributed by atoms with Gasteiger partial charge in [0.15, 0.2) is 10.4 Å². The van der Waals surface area contributed by atoms with Gasteiger partial charge in [-0.25, -0.2) is 0 Å². The zero-order valence-electron chi connectivity index (χ0n) is 9.43. The smallest absolute Gasteiger partial charge is 0.290 e. The van der Waals surface area contributed by atoms with Gasteiger partial charge in [-0.1, -0.05) is 0 Å². The summed E-state index contributed by atoms with van der Waals surface area (Å²) in [5, 5.41) is 0. The SMILES string of the molecule is NC1CC2CCC(C1)N2C(=O)c1ccc(Br)o1. The van der Waals surface area contributed by atoms with E-state index in [9.17, 15) is 4.79 Å². The average Bonchev–Trinajstić information content (AvgIpc) is 2.81. The molecule has 92 valence electrons. The van der Waals surface area contributed by atoms with Crippen LogP contribution in [0.4, 0.5) is 0 Å². The maximum Gasteiger partial charge on any atom is 0.290 e. The molecule has 2 unspecified atom stereocenters. The van der Waals surface area contributed by atoms with Crippen molar-refractivity contribution >= 4 is 21.8 Å². The van der Waals surface area contributed by atoms with Crippen LogP contribution >= 0.6 is 15.9 Å². The maximum atomic E-state index is 12.4. The van der Waals surface area contributed by atoms with E-state index in [1.807, 2.05) is 4.90 Å². The number of halogens is 1. The van der Waals surface area contributed by atoms with E-state index in [1.165, 1.54) is 0 Å². The summed E-state index contributed by atoms with van der Waals surface area (Å²) in [6, 6.07) is 4.34. The molecule has 4 nitrogen and oxygen atoms in total. The molecule has 2 atom stereocenters. The highest BCUT2D eigenvalue weighted by Crippen LogP contribution is 2.36. The Hall–Kier alpha value is -0.810. The van der Waals surface area contributed by atoms with E-state index in [4.69, 9.17) is 10.2 Å². The number of hydrogen-bond acceptors (Lipinski definition) is 3. The minimum Gasteiger partial charge on any atom is -0.444 e. The van der Waals surface area contributed by atoms with Crippen LogP contribution in [0.1, 0.15) is 36.2 Å². The fourth-order valence-corrected chi connectivity index (χ4v) is 3.41. The van der Waals surface area contributed by atoms with Crippen molar-refractivity contribution < 1.29 is 9.21 Å². The van der Waals surface area contributed by atoms with Crippen molar-refractivity contribution in [2.75, 3.05) is 0 Å². The van der Waals surface area contributed by atoms with Crippen LogP contribution in [-0.2, 0) is 0 Å². The van der Waals surface area contributed by atoms with Crippen LogP contribution in [0.3, 0.4) is 0 Å². The Morgan fingerprint density at radius 3 is 2.53 bits per heavy atom. The number of furan rings is 1. The summed E-state index contributed by atoms with van der Waals surface area (Å²) < 4.78 is 5.94. The summed E-state index contributed by atoms with van der Waals surface area (Å²) in [6.07, 6.45) is 3.99. The number of hydrogen-bond donors (Lipinski definition) is 1. The lowest BCUT2D eigenvalue weighted by atomic mass is 9.98. The lowest BCUT2D eigenvalue weighted by Gasteiger charge is -2.37. The summed E-state index contributed by atoms with van der Waals surface area (Å²) in [6.45, 7) is 0. The van der Waals surface area contributed by atoms with Crippen LogP contribution < -0.4 is 5.73 Å². The van der Waals surface area contributed by atoms with Gasteiger partial charge in [0.05, 0.1) is 0 Å². The molecule has 2 fully saturated rings. The van der Waals surface area contributed by atoms with Crippen molar-refractivity contribution in [2.45, 2.75) is 43.8 Å². The second-order valence-corrected chi connectivity index (χ2v) is 5.71. The summed E-state index contributed by atoms with van der Waals surface area (Å²) in [5.41, 5.74) is 5.99. The molecular weight excluding hydrogens is 284 g/mol. The van der Waals surface area contributed by atoms with Crippen molar-refractivity contribution in [2.24, 2.45) is 5.73 Å². The van der Waals surface area contributed by atoms with E-state index in [0.717, 1.165) is 25.7 Å². The van der Waals surface area contributed by atoms with Crippen molar-refractivity contribution in [1.29, 1.82) is 0 Å². The van der Waals surface area contributed by atoms with Gasteiger partial charge in [-0.05, 0) is 53.7 Å². The first-order valence-electron chi connectivity index (χ1n) is 5.98. The molecule has 0 saturated carbocycles. The molecule has 2 aliphatic heterocycles. The number of rotatable bonds is 1. The van der Waals surface area contributed by atoms with Crippen LogP contribution in [0.2, 0.25) is 0 Å². The van der Waals surface area contributed by atoms with Crippen LogP contribution in [-0.4, -0.2) is 28.9 Å². The molecule has 2 N–H and O–H groups in total. The van der Waals surface area contributed by atoms with Crippen molar-refractivity contribution in [3.05, 3.63) is 22.6 Å². The second-order valence-electron chi connectivity index (χ2n) is 4.93. The molecule has 0 spiro atoms. The average molecular weight is 299 g/mol. The first-order chi connectivity index (χ1) is 8.15. The van der Waals surface area contributed by atoms with E-state index in [1.54, 1.807) is 12.1 Å². The monoisotopic (exact) mass is 298 g/mol. The molecule has 2 bridgehead atoms. The lowest BCUT2D eigenvalue weighted by Crippen LogP contribution is -2.50. The van der Waals surface area contributed by atoms with Crippen LogP contribution in [0, 0.1) is 0 Å². The van der Waals surface area contributed by atoms with Gasteiger partial charge in [0.2, 0.25) is 0 Å². The number of nitrogens with zero attached hydrogens (tertiary/aromatic N) is 1. The van der Waals surface area contributed by atoms with E-state index in [0.29, 0.717) is 22.5 Å². The third kappa shape index (κ3) is 1.91. The Balaban J connectivity index is 1.83. The fourth-order valence-electron chi connectivity index (χ4n) is 3.11. The standard InChI is InChI=1S/C12H15BrN2O2/c13-11-4-3-10(17-11)12(16)15-8-1-2-9(15)6-7(14)5-8/h3-4,7-9H,1-2,5-6,14H2. The van der Waals surface area contributed by atoms with Crippen molar-refractivity contribution in [1.82, 2.24) is 4.90 Å². The predicted molar refractivity (Wildman–Crippen MR) is 66.6 cm³/mol. The maximum absolute atomic E-state index is 12.4. The summed E-state index contributed by atoms with van der Waals surface area (Å²) in [7, 11) is 0. The fraction of sp³-hybridized carbons (Fsp3) is 0.583. The number of nitrogens with two attached hydrogens (primary N) is 1. The Labute approximate surface area is 108 Å². The Morgan fingerprint density at radius 2 is 2.00 bits per heavy atom. The van der Waals surface area contributed by atoms with Gasteiger partial charge >= 0.3 is 0 Å². The Bertz CT molecular complexity index is 431. The Kier molecular flexibility index (Phi) is 2.75. The molecule has 1 amide bonds. The van der Waals surface area contributed by atoms with Crippen molar-refractivity contribution in [3.63, 3.8) is 0 Å². The van der Waals surface area contributed by atoms with E-state index in [2.05, 4.69) is 15.9 Å². The number of fused-ring (bicyclic) bond motifs is 2. The molecule has 5 heteroatoms. The summed E-state index contributed by atoms with van der Waals surface area (Å²) in [4.78, 5) is 14.3. The van der Waals surface area contributed by atoms with Gasteiger partial charge in [0.25, 0.3) is 5.91 Å². The van der Waals surface area contributed by atoms with Gasteiger partial charge in [-0.3, -0.25) is 4.79 Å². The predicted octanol–water partition coefficient (Wildman–Crippen LogP) is 2.14. The van der Waals surface area contributed by atoms with Gasteiger partial charge in [0.1, 0.15) is 0 Å². The number of carbonyl (C=O) groups is 1. The molecular formula is C12H15BrN2O2. The van der Waals surface area contributed by atoms with E-state index in [-0.39, 0.29) is 11.9 Å². The van der Waals surface area contributed by atoms with Crippen molar-refractivity contribution in [3.8, 4) is 0 Å². The second kappa shape index (κ2) is 4.14. The Morgan fingerprint density at radius 1 is 1.35 bits per heavy atom. The zero-order chi connectivity index (χ0) is 12.0. The minimum atomic E-state index is 0.00935. The molecule has 1 aromatic rings. The van der Waals surface area contributed by atoms with Crippen LogP contribution in [0.5, 0.6) is 0 Å². The van der Waals surface area contributed by atoms with Gasteiger partial charge in [-0.2, -0.15) is 0 Å². The molecule has 0 aliphatic carbocycles. The molecule has 3 rings (SSSR count). The molecule has 1 aromatic heterocycles. The molecule has 3 heterocycles. The summed E-state index contributed by atoms with van der Waals surface area (Å²) in [5.74, 6) is 0.430. The number of carbonyl (C=O) groups excluding carboxylic acids is 1. The third-order valence-corrected chi connectivity index (χ3v) is 4.21. The van der Waals surface area contributed by atoms with Crippen LogP contribution in [0.15, 0.2) is 21.2 Å². The van der Waals surface area contributed by atoms with E-state index < -0.39 is 0 Å². The van der Waals surface area contributed by atoms with Gasteiger partial charge in [-0.15, -0.1) is 0 Å². The molecule has 0 radical (unpaired) electrons. The first kappa shape index (κ1) is 11.3. The largest absolute Gasteiger partial charge is 0.444 e. The highest BCUT2D eigenvalue weighted by Gasteiger charge is 2.43. The summed E-state index contributed by atoms with van der Waals surface area (Å²) >= 11 is 3.22. The van der Waals surface area contributed by atoms with Gasteiger partial charge in [0, 0.05) is 18.1 Å². The van der Waals surface area contributed by atoms with Crippen LogP contribution in [0.25, 0.3) is 0 Å².